The lowest BCUT2D eigenvalue weighted by atomic mass is 10.1. The molecule has 13 heavy (non-hydrogen) atoms. The maximum Gasteiger partial charge on any atom is 0.122 e. The highest BCUT2D eigenvalue weighted by atomic mass is 16.5. The molecule has 1 aromatic carbocycles. The Hall–Kier alpha value is -1.18. The van der Waals surface area contributed by atoms with E-state index in [1.807, 2.05) is 6.07 Å². The molecule has 0 amide bonds. The van der Waals surface area contributed by atoms with Crippen molar-refractivity contribution in [2.45, 2.75) is 19.8 Å². The third-order valence-electron chi connectivity index (χ3n) is 2.69. The van der Waals surface area contributed by atoms with Gasteiger partial charge in [-0.3, -0.25) is 0 Å². The van der Waals surface area contributed by atoms with E-state index in [4.69, 9.17) is 4.74 Å². The Morgan fingerprint density at radius 1 is 1.31 bits per heavy atom. The predicted molar refractivity (Wildman–Crippen MR) is 51.2 cm³/mol. The molecular formula is C11H14O2. The van der Waals surface area contributed by atoms with Crippen molar-refractivity contribution in [2.75, 3.05) is 7.11 Å². The highest BCUT2D eigenvalue weighted by Crippen LogP contribution is 2.38. The number of fused-ring (bicyclic) bond motifs is 1. The van der Waals surface area contributed by atoms with E-state index in [9.17, 15) is 5.11 Å². The third-order valence-corrected chi connectivity index (χ3v) is 2.69. The molecule has 0 heterocycles. The molecule has 1 aromatic rings. The van der Waals surface area contributed by atoms with E-state index in [1.165, 1.54) is 5.56 Å². The van der Waals surface area contributed by atoms with Gasteiger partial charge in [0.05, 0.1) is 7.11 Å². The van der Waals surface area contributed by atoms with Gasteiger partial charge in [0.2, 0.25) is 0 Å². The molecule has 1 aliphatic carbocycles. The molecule has 70 valence electrons. The Morgan fingerprint density at radius 3 is 2.69 bits per heavy atom. The van der Waals surface area contributed by atoms with E-state index in [1.54, 1.807) is 13.2 Å². The van der Waals surface area contributed by atoms with Gasteiger partial charge >= 0.3 is 0 Å². The number of phenolic OH excluding ortho intramolecular Hbond substituents is 1. The van der Waals surface area contributed by atoms with Gasteiger partial charge in [0.1, 0.15) is 11.5 Å². The van der Waals surface area contributed by atoms with Crippen LogP contribution < -0.4 is 4.74 Å². The van der Waals surface area contributed by atoms with E-state index in [0.717, 1.165) is 24.2 Å². The van der Waals surface area contributed by atoms with Crippen molar-refractivity contribution in [2.24, 2.45) is 5.92 Å². The molecule has 0 aromatic heterocycles. The quantitative estimate of drug-likeness (QED) is 0.713. The predicted octanol–water partition coefficient (Wildman–Crippen LogP) is 2.14. The van der Waals surface area contributed by atoms with Gasteiger partial charge < -0.3 is 9.84 Å². The summed E-state index contributed by atoms with van der Waals surface area (Å²) in [6.07, 6.45) is 1.99. The fourth-order valence-corrected chi connectivity index (χ4v) is 2.07. The molecule has 0 fully saturated rings. The zero-order valence-electron chi connectivity index (χ0n) is 8.00. The Morgan fingerprint density at radius 2 is 2.00 bits per heavy atom. The SMILES string of the molecule is COc1ccc(O)c2c1CC(C)C2. The van der Waals surface area contributed by atoms with Gasteiger partial charge in [0, 0.05) is 11.1 Å². The first-order valence-corrected chi connectivity index (χ1v) is 4.60. The normalized spacial score (nSPS) is 20.0. The van der Waals surface area contributed by atoms with Crippen LogP contribution in [-0.2, 0) is 12.8 Å². The Bertz CT molecular complexity index is 331. The number of ether oxygens (including phenoxy) is 1. The second-order valence-electron chi connectivity index (χ2n) is 3.76. The van der Waals surface area contributed by atoms with Crippen molar-refractivity contribution in [3.05, 3.63) is 23.3 Å². The number of phenols is 1. The van der Waals surface area contributed by atoms with Crippen LogP contribution >= 0.6 is 0 Å². The monoisotopic (exact) mass is 178 g/mol. The van der Waals surface area contributed by atoms with E-state index < -0.39 is 0 Å². The summed E-state index contributed by atoms with van der Waals surface area (Å²) >= 11 is 0. The van der Waals surface area contributed by atoms with Crippen molar-refractivity contribution >= 4 is 0 Å². The highest BCUT2D eigenvalue weighted by Gasteiger charge is 2.23. The van der Waals surface area contributed by atoms with Crippen molar-refractivity contribution in [3.63, 3.8) is 0 Å². The molecule has 1 N–H and O–H groups in total. The summed E-state index contributed by atoms with van der Waals surface area (Å²) in [5, 5.41) is 9.61. The minimum absolute atomic E-state index is 0.417. The summed E-state index contributed by atoms with van der Waals surface area (Å²) in [5.74, 6) is 1.95. The zero-order chi connectivity index (χ0) is 9.42. The summed E-state index contributed by atoms with van der Waals surface area (Å²) in [7, 11) is 1.68. The first kappa shape index (κ1) is 8.42. The summed E-state index contributed by atoms with van der Waals surface area (Å²) in [6.45, 7) is 2.19. The lowest BCUT2D eigenvalue weighted by Crippen LogP contribution is -1.92. The number of hydrogen-bond acceptors (Lipinski definition) is 2. The number of hydrogen-bond donors (Lipinski definition) is 1. The van der Waals surface area contributed by atoms with E-state index in [2.05, 4.69) is 6.92 Å². The molecule has 0 saturated heterocycles. The van der Waals surface area contributed by atoms with E-state index in [0.29, 0.717) is 11.7 Å². The Kier molecular flexibility index (Phi) is 1.91. The molecule has 1 aliphatic rings. The molecule has 0 radical (unpaired) electrons. The molecular weight excluding hydrogens is 164 g/mol. The van der Waals surface area contributed by atoms with Crippen LogP contribution in [0, 0.1) is 5.92 Å². The zero-order valence-corrected chi connectivity index (χ0v) is 8.00. The van der Waals surface area contributed by atoms with Gasteiger partial charge in [-0.15, -0.1) is 0 Å². The van der Waals surface area contributed by atoms with Crippen LogP contribution in [0.15, 0.2) is 12.1 Å². The largest absolute Gasteiger partial charge is 0.508 e. The minimum atomic E-state index is 0.417. The Labute approximate surface area is 78.2 Å². The van der Waals surface area contributed by atoms with Crippen molar-refractivity contribution in [1.29, 1.82) is 0 Å². The van der Waals surface area contributed by atoms with Crippen LogP contribution in [0.1, 0.15) is 18.1 Å². The van der Waals surface area contributed by atoms with Crippen molar-refractivity contribution < 1.29 is 9.84 Å². The van der Waals surface area contributed by atoms with Crippen LogP contribution in [0.25, 0.3) is 0 Å². The summed E-state index contributed by atoms with van der Waals surface area (Å²) in [5.41, 5.74) is 2.27. The topological polar surface area (TPSA) is 29.5 Å². The van der Waals surface area contributed by atoms with Gasteiger partial charge in [-0.1, -0.05) is 6.92 Å². The molecule has 0 bridgehead atoms. The standard InChI is InChI=1S/C11H14O2/c1-7-5-8-9(6-7)11(13-2)4-3-10(8)12/h3-4,7,12H,5-6H2,1-2H3. The molecule has 2 nitrogen and oxygen atoms in total. The highest BCUT2D eigenvalue weighted by molar-refractivity contribution is 5.50. The summed E-state index contributed by atoms with van der Waals surface area (Å²) < 4.78 is 5.25. The summed E-state index contributed by atoms with van der Waals surface area (Å²) in [4.78, 5) is 0. The third kappa shape index (κ3) is 1.26. The molecule has 1 unspecified atom stereocenters. The number of methoxy groups -OCH3 is 1. The summed E-state index contributed by atoms with van der Waals surface area (Å²) in [6, 6.07) is 3.56. The first-order valence-electron chi connectivity index (χ1n) is 4.60. The van der Waals surface area contributed by atoms with Gasteiger partial charge in [-0.2, -0.15) is 0 Å². The average molecular weight is 178 g/mol. The molecule has 0 saturated carbocycles. The smallest absolute Gasteiger partial charge is 0.122 e. The van der Waals surface area contributed by atoms with Crippen LogP contribution in [0.5, 0.6) is 11.5 Å². The average Bonchev–Trinajstić information content (AvgIpc) is 2.48. The fraction of sp³-hybridized carbons (Fsp3) is 0.455. The molecule has 2 heteroatoms. The second kappa shape index (κ2) is 2.95. The first-order chi connectivity index (χ1) is 6.22. The maximum absolute atomic E-state index is 9.61. The lowest BCUT2D eigenvalue weighted by Gasteiger charge is -2.07. The molecule has 2 rings (SSSR count). The molecule has 0 aliphatic heterocycles. The van der Waals surface area contributed by atoms with Crippen LogP contribution in [0.3, 0.4) is 0 Å². The van der Waals surface area contributed by atoms with Gasteiger partial charge in [-0.05, 0) is 30.9 Å². The fourth-order valence-electron chi connectivity index (χ4n) is 2.07. The van der Waals surface area contributed by atoms with Crippen molar-refractivity contribution in [1.82, 2.24) is 0 Å². The number of rotatable bonds is 1. The van der Waals surface area contributed by atoms with Crippen LogP contribution in [0.2, 0.25) is 0 Å². The van der Waals surface area contributed by atoms with Crippen LogP contribution in [0.4, 0.5) is 0 Å². The molecule has 1 atom stereocenters. The number of benzene rings is 1. The number of aromatic hydroxyl groups is 1. The molecule has 0 spiro atoms. The van der Waals surface area contributed by atoms with Gasteiger partial charge in [0.25, 0.3) is 0 Å². The Balaban J connectivity index is 2.52. The maximum atomic E-state index is 9.61. The lowest BCUT2D eigenvalue weighted by molar-refractivity contribution is 0.406. The van der Waals surface area contributed by atoms with Crippen LogP contribution in [-0.4, -0.2) is 12.2 Å². The minimum Gasteiger partial charge on any atom is -0.508 e. The van der Waals surface area contributed by atoms with Crippen molar-refractivity contribution in [3.8, 4) is 11.5 Å². The van der Waals surface area contributed by atoms with Gasteiger partial charge in [-0.25, -0.2) is 0 Å². The van der Waals surface area contributed by atoms with E-state index in [-0.39, 0.29) is 0 Å². The van der Waals surface area contributed by atoms with Gasteiger partial charge in [0.15, 0.2) is 0 Å². The van der Waals surface area contributed by atoms with E-state index >= 15 is 0 Å². The second-order valence-corrected chi connectivity index (χ2v) is 3.76.